The lowest BCUT2D eigenvalue weighted by molar-refractivity contribution is -0.132. The van der Waals surface area contributed by atoms with Gasteiger partial charge in [0, 0.05) is 44.9 Å². The van der Waals surface area contributed by atoms with Crippen molar-refractivity contribution in [2.75, 3.05) is 13.1 Å². The van der Waals surface area contributed by atoms with Crippen molar-refractivity contribution < 1.29 is 4.79 Å². The SMILES string of the molecule is CC(C)n1c(C2CCN(C(=O)CCc3nc4ccccc4s3)CC2)nn(C)c1=O. The van der Waals surface area contributed by atoms with Crippen LogP contribution in [0.25, 0.3) is 10.2 Å². The van der Waals surface area contributed by atoms with E-state index in [1.54, 1.807) is 23.0 Å². The van der Waals surface area contributed by atoms with Gasteiger partial charge in [0.05, 0.1) is 15.2 Å². The van der Waals surface area contributed by atoms with Crippen molar-refractivity contribution in [1.29, 1.82) is 0 Å². The minimum absolute atomic E-state index is 0.0654. The molecule has 0 aliphatic carbocycles. The van der Waals surface area contributed by atoms with Crippen LogP contribution in [0, 0.1) is 0 Å². The zero-order valence-electron chi connectivity index (χ0n) is 17.2. The van der Waals surface area contributed by atoms with E-state index in [0.717, 1.165) is 29.2 Å². The minimum atomic E-state index is -0.0654. The molecule has 0 N–H and O–H groups in total. The number of nitrogens with zero attached hydrogens (tertiary/aromatic N) is 5. The zero-order chi connectivity index (χ0) is 20.5. The van der Waals surface area contributed by atoms with Gasteiger partial charge in [-0.1, -0.05) is 12.1 Å². The standard InChI is InChI=1S/C21H27N5O2S/c1-14(2)26-20(23-24(3)21(26)28)15-10-12-25(13-11-15)19(27)9-8-18-22-16-6-4-5-7-17(16)29-18/h4-7,14-15H,8-13H2,1-3H3. The number of piperidine rings is 1. The van der Waals surface area contributed by atoms with Crippen LogP contribution in [-0.4, -0.2) is 43.2 Å². The minimum Gasteiger partial charge on any atom is -0.343 e. The molecule has 0 atom stereocenters. The summed E-state index contributed by atoms with van der Waals surface area (Å²) in [5.74, 6) is 1.26. The Balaban J connectivity index is 1.35. The highest BCUT2D eigenvalue weighted by Crippen LogP contribution is 2.28. The van der Waals surface area contributed by atoms with E-state index in [0.29, 0.717) is 25.9 Å². The number of likely N-dealkylation sites (tertiary alicyclic amines) is 1. The van der Waals surface area contributed by atoms with Gasteiger partial charge >= 0.3 is 5.69 Å². The van der Waals surface area contributed by atoms with Crippen LogP contribution in [0.4, 0.5) is 0 Å². The molecule has 1 aliphatic heterocycles. The summed E-state index contributed by atoms with van der Waals surface area (Å²) in [6.07, 6.45) is 2.86. The van der Waals surface area contributed by atoms with Gasteiger partial charge in [0.15, 0.2) is 0 Å². The van der Waals surface area contributed by atoms with Crippen LogP contribution < -0.4 is 5.69 Å². The Kier molecular flexibility index (Phi) is 5.54. The third-order valence-electron chi connectivity index (χ3n) is 5.60. The van der Waals surface area contributed by atoms with Gasteiger partial charge in [-0.15, -0.1) is 11.3 Å². The first-order valence-electron chi connectivity index (χ1n) is 10.2. The van der Waals surface area contributed by atoms with Gasteiger partial charge in [0.25, 0.3) is 0 Å². The summed E-state index contributed by atoms with van der Waals surface area (Å²) < 4.78 is 4.38. The largest absolute Gasteiger partial charge is 0.345 e. The van der Waals surface area contributed by atoms with Crippen molar-refractivity contribution in [2.45, 2.75) is 51.5 Å². The number of hydrogen-bond donors (Lipinski definition) is 0. The van der Waals surface area contributed by atoms with Crippen molar-refractivity contribution in [1.82, 2.24) is 24.2 Å². The highest BCUT2D eigenvalue weighted by atomic mass is 32.1. The zero-order valence-corrected chi connectivity index (χ0v) is 18.0. The van der Waals surface area contributed by atoms with Crippen LogP contribution in [0.2, 0.25) is 0 Å². The first-order chi connectivity index (χ1) is 13.9. The van der Waals surface area contributed by atoms with Crippen molar-refractivity contribution in [3.8, 4) is 0 Å². The van der Waals surface area contributed by atoms with Gasteiger partial charge in [0.2, 0.25) is 5.91 Å². The quantitative estimate of drug-likeness (QED) is 0.644. The van der Waals surface area contributed by atoms with Crippen molar-refractivity contribution in [2.24, 2.45) is 7.05 Å². The molecule has 29 heavy (non-hydrogen) atoms. The fraction of sp³-hybridized carbons (Fsp3) is 0.524. The van der Waals surface area contributed by atoms with E-state index in [-0.39, 0.29) is 23.6 Å². The molecule has 2 aromatic heterocycles. The van der Waals surface area contributed by atoms with Gasteiger partial charge in [-0.2, -0.15) is 5.10 Å². The lowest BCUT2D eigenvalue weighted by atomic mass is 9.95. The van der Waals surface area contributed by atoms with Crippen molar-refractivity contribution in [3.63, 3.8) is 0 Å². The molecule has 0 saturated carbocycles. The number of rotatable bonds is 5. The van der Waals surface area contributed by atoms with Crippen molar-refractivity contribution >= 4 is 27.5 Å². The molecule has 0 bridgehead atoms. The predicted molar refractivity (Wildman–Crippen MR) is 114 cm³/mol. The van der Waals surface area contributed by atoms with Crippen molar-refractivity contribution in [3.05, 3.63) is 45.6 Å². The second-order valence-electron chi connectivity index (χ2n) is 7.96. The molecule has 154 valence electrons. The highest BCUT2D eigenvalue weighted by molar-refractivity contribution is 7.18. The summed E-state index contributed by atoms with van der Waals surface area (Å²) in [4.78, 5) is 31.6. The van der Waals surface area contributed by atoms with Gasteiger partial charge in [-0.25, -0.2) is 14.5 Å². The summed E-state index contributed by atoms with van der Waals surface area (Å²) >= 11 is 1.67. The van der Waals surface area contributed by atoms with Gasteiger partial charge in [0.1, 0.15) is 5.82 Å². The maximum atomic E-state index is 12.7. The summed E-state index contributed by atoms with van der Waals surface area (Å²) in [5.41, 5.74) is 0.941. The number of aromatic nitrogens is 4. The average Bonchev–Trinajstić information content (AvgIpc) is 3.27. The lowest BCUT2D eigenvalue weighted by Crippen LogP contribution is -2.38. The summed E-state index contributed by atoms with van der Waals surface area (Å²) in [5, 5.41) is 5.50. The van der Waals surface area contributed by atoms with Crippen LogP contribution >= 0.6 is 11.3 Å². The Hall–Kier alpha value is -2.48. The van der Waals surface area contributed by atoms with Gasteiger partial charge in [-0.05, 0) is 38.8 Å². The Labute approximate surface area is 174 Å². The molecule has 0 radical (unpaired) electrons. The van der Waals surface area contributed by atoms with E-state index in [4.69, 9.17) is 0 Å². The topological polar surface area (TPSA) is 73.0 Å². The Morgan fingerprint density at radius 1 is 1.24 bits per heavy atom. The molecular formula is C21H27N5O2S. The van der Waals surface area contributed by atoms with Gasteiger partial charge in [-0.3, -0.25) is 9.36 Å². The fourth-order valence-electron chi connectivity index (χ4n) is 4.05. The first kappa shape index (κ1) is 19.8. The number of thiazole rings is 1. The number of amides is 1. The smallest absolute Gasteiger partial charge is 0.343 e. The van der Waals surface area contributed by atoms with Crippen LogP contribution in [-0.2, 0) is 18.3 Å². The third kappa shape index (κ3) is 3.99. The molecule has 1 amide bonds. The van der Waals surface area contributed by atoms with E-state index >= 15 is 0 Å². The fourth-order valence-corrected chi connectivity index (χ4v) is 5.02. The maximum Gasteiger partial charge on any atom is 0.345 e. The molecule has 7 nitrogen and oxygen atoms in total. The highest BCUT2D eigenvalue weighted by Gasteiger charge is 2.28. The van der Waals surface area contributed by atoms with Crippen LogP contribution in [0.15, 0.2) is 29.1 Å². The lowest BCUT2D eigenvalue weighted by Gasteiger charge is -2.32. The Morgan fingerprint density at radius 3 is 2.66 bits per heavy atom. The molecule has 4 rings (SSSR count). The van der Waals surface area contributed by atoms with E-state index in [2.05, 4.69) is 16.1 Å². The number of carbonyl (C=O) groups is 1. The summed E-state index contributed by atoms with van der Waals surface area (Å²) in [6.45, 7) is 5.44. The van der Waals surface area contributed by atoms with Crippen LogP contribution in [0.5, 0.6) is 0 Å². The molecule has 3 aromatic rings. The second-order valence-corrected chi connectivity index (χ2v) is 9.07. The first-order valence-corrected chi connectivity index (χ1v) is 11.0. The summed E-state index contributed by atoms with van der Waals surface area (Å²) in [7, 11) is 1.70. The van der Waals surface area contributed by atoms with E-state index in [9.17, 15) is 9.59 Å². The van der Waals surface area contributed by atoms with Crippen LogP contribution in [0.1, 0.15) is 55.9 Å². The molecule has 8 heteroatoms. The molecular weight excluding hydrogens is 386 g/mol. The maximum absolute atomic E-state index is 12.7. The molecule has 1 aliphatic rings. The number of carbonyl (C=O) groups excluding carboxylic acids is 1. The second kappa shape index (κ2) is 8.10. The molecule has 0 spiro atoms. The molecule has 3 heterocycles. The number of benzene rings is 1. The third-order valence-corrected chi connectivity index (χ3v) is 6.70. The summed E-state index contributed by atoms with van der Waals surface area (Å²) in [6, 6.07) is 8.16. The van der Waals surface area contributed by atoms with E-state index in [1.165, 1.54) is 9.38 Å². The Morgan fingerprint density at radius 2 is 1.97 bits per heavy atom. The molecule has 1 fully saturated rings. The number of aryl methyl sites for hydroxylation is 2. The number of hydrogen-bond acceptors (Lipinski definition) is 5. The number of para-hydroxylation sites is 1. The van der Waals surface area contributed by atoms with E-state index in [1.807, 2.05) is 36.9 Å². The predicted octanol–water partition coefficient (Wildman–Crippen LogP) is 3.11. The number of fused-ring (bicyclic) bond motifs is 1. The van der Waals surface area contributed by atoms with Gasteiger partial charge < -0.3 is 4.90 Å². The molecule has 1 aromatic carbocycles. The normalized spacial score (nSPS) is 15.5. The molecule has 0 unspecified atom stereocenters. The monoisotopic (exact) mass is 413 g/mol. The average molecular weight is 414 g/mol. The van der Waals surface area contributed by atoms with E-state index < -0.39 is 0 Å². The molecule has 1 saturated heterocycles. The van der Waals surface area contributed by atoms with Crippen LogP contribution in [0.3, 0.4) is 0 Å². The Bertz CT molecular complexity index is 1040.